The van der Waals surface area contributed by atoms with Gasteiger partial charge >= 0.3 is 0 Å². The Morgan fingerprint density at radius 1 is 1.18 bits per heavy atom. The molecule has 0 bridgehead atoms. The van der Waals surface area contributed by atoms with Gasteiger partial charge in [0.25, 0.3) is 0 Å². The number of amides is 1. The van der Waals surface area contributed by atoms with Gasteiger partial charge < -0.3 is 4.90 Å². The summed E-state index contributed by atoms with van der Waals surface area (Å²) in [4.78, 5) is 15.9. The molecule has 3 nitrogen and oxygen atoms in total. The molecule has 1 heterocycles. The van der Waals surface area contributed by atoms with E-state index in [2.05, 4.69) is 25.7 Å². The van der Waals surface area contributed by atoms with Crippen LogP contribution in [0.5, 0.6) is 0 Å². The number of carbonyl (C=O) groups is 1. The number of piperazine rings is 1. The fourth-order valence-corrected chi connectivity index (χ4v) is 2.68. The van der Waals surface area contributed by atoms with Crippen molar-refractivity contribution in [1.82, 2.24) is 9.80 Å². The molecule has 0 aliphatic carbocycles. The summed E-state index contributed by atoms with van der Waals surface area (Å²) in [5.41, 5.74) is 0.332. The van der Waals surface area contributed by atoms with Crippen molar-refractivity contribution in [2.75, 3.05) is 26.2 Å². The molecule has 1 aliphatic rings. The number of hydrogen-bond donors (Lipinski definition) is 0. The van der Waals surface area contributed by atoms with Crippen molar-refractivity contribution in [3.8, 4) is 0 Å². The van der Waals surface area contributed by atoms with Gasteiger partial charge in [0, 0.05) is 38.6 Å². The van der Waals surface area contributed by atoms with Crippen molar-refractivity contribution in [3.05, 3.63) is 0 Å². The van der Waals surface area contributed by atoms with Crippen molar-refractivity contribution in [3.63, 3.8) is 0 Å². The Hall–Kier alpha value is -0.570. The van der Waals surface area contributed by atoms with Crippen LogP contribution in [0.4, 0.5) is 0 Å². The summed E-state index contributed by atoms with van der Waals surface area (Å²) in [5.74, 6) is 0.219. The maximum Gasteiger partial charge on any atom is 0.219 e. The summed E-state index contributed by atoms with van der Waals surface area (Å²) in [6.45, 7) is 12.5. The minimum absolute atomic E-state index is 0.219. The maximum absolute atomic E-state index is 11.3. The largest absolute Gasteiger partial charge is 0.340 e. The summed E-state index contributed by atoms with van der Waals surface area (Å²) >= 11 is 0. The lowest BCUT2D eigenvalue weighted by Crippen LogP contribution is -2.56. The molecule has 1 saturated heterocycles. The first-order valence-electron chi connectivity index (χ1n) is 7.04. The Morgan fingerprint density at radius 2 is 1.76 bits per heavy atom. The highest BCUT2D eigenvalue weighted by Gasteiger charge is 2.32. The molecule has 1 atom stereocenters. The van der Waals surface area contributed by atoms with Gasteiger partial charge in [-0.1, -0.05) is 26.7 Å². The second-order valence-electron chi connectivity index (χ2n) is 5.45. The van der Waals surface area contributed by atoms with Crippen LogP contribution in [-0.4, -0.2) is 47.4 Å². The third-order valence-corrected chi connectivity index (χ3v) is 4.32. The van der Waals surface area contributed by atoms with Gasteiger partial charge in [-0.3, -0.25) is 9.69 Å². The zero-order chi connectivity index (χ0) is 12.9. The first-order chi connectivity index (χ1) is 8.03. The Bertz CT molecular complexity index is 247. The van der Waals surface area contributed by atoms with Crippen molar-refractivity contribution >= 4 is 5.91 Å². The van der Waals surface area contributed by atoms with E-state index in [1.54, 1.807) is 6.92 Å². The van der Waals surface area contributed by atoms with Gasteiger partial charge in [-0.05, 0) is 19.8 Å². The van der Waals surface area contributed by atoms with E-state index >= 15 is 0 Å². The Morgan fingerprint density at radius 3 is 2.18 bits per heavy atom. The van der Waals surface area contributed by atoms with Crippen LogP contribution in [0.2, 0.25) is 0 Å². The van der Waals surface area contributed by atoms with Crippen molar-refractivity contribution in [2.45, 2.75) is 58.9 Å². The SMILES string of the molecule is CCCCC(C)(CC)N1CCN(C(C)=O)CC1. The van der Waals surface area contributed by atoms with Crippen molar-refractivity contribution in [1.29, 1.82) is 0 Å². The topological polar surface area (TPSA) is 23.6 Å². The van der Waals surface area contributed by atoms with E-state index in [1.807, 2.05) is 4.90 Å². The van der Waals surface area contributed by atoms with E-state index < -0.39 is 0 Å². The summed E-state index contributed by atoms with van der Waals surface area (Å²) in [6, 6.07) is 0. The van der Waals surface area contributed by atoms with Crippen LogP contribution >= 0.6 is 0 Å². The zero-order valence-corrected chi connectivity index (χ0v) is 12.0. The van der Waals surface area contributed by atoms with Gasteiger partial charge in [-0.2, -0.15) is 0 Å². The average molecular weight is 240 g/mol. The highest BCUT2D eigenvalue weighted by molar-refractivity contribution is 5.73. The molecule has 0 aromatic carbocycles. The first-order valence-corrected chi connectivity index (χ1v) is 7.04. The zero-order valence-electron chi connectivity index (χ0n) is 12.0. The number of carbonyl (C=O) groups excluding carboxylic acids is 1. The Labute approximate surface area is 106 Å². The van der Waals surface area contributed by atoms with E-state index in [0.717, 1.165) is 26.2 Å². The molecule has 1 aliphatic heterocycles. The van der Waals surface area contributed by atoms with Gasteiger partial charge in [-0.25, -0.2) is 0 Å². The Balaban J connectivity index is 2.52. The first kappa shape index (κ1) is 14.5. The molecule has 1 rings (SSSR count). The molecule has 1 unspecified atom stereocenters. The quantitative estimate of drug-likeness (QED) is 0.737. The lowest BCUT2D eigenvalue weighted by Gasteiger charge is -2.45. The molecule has 0 N–H and O–H groups in total. The predicted molar refractivity (Wildman–Crippen MR) is 72.0 cm³/mol. The number of hydrogen-bond acceptors (Lipinski definition) is 2. The Kier molecular flexibility index (Phi) is 5.44. The van der Waals surface area contributed by atoms with Gasteiger partial charge in [0.1, 0.15) is 0 Å². The maximum atomic E-state index is 11.3. The summed E-state index contributed by atoms with van der Waals surface area (Å²) in [7, 11) is 0. The molecule has 1 amide bonds. The summed E-state index contributed by atoms with van der Waals surface area (Å²) < 4.78 is 0. The third kappa shape index (κ3) is 3.70. The van der Waals surface area contributed by atoms with Crippen LogP contribution < -0.4 is 0 Å². The van der Waals surface area contributed by atoms with E-state index in [-0.39, 0.29) is 5.91 Å². The normalized spacial score (nSPS) is 21.3. The molecule has 0 saturated carbocycles. The van der Waals surface area contributed by atoms with Gasteiger partial charge in [-0.15, -0.1) is 0 Å². The lowest BCUT2D eigenvalue weighted by atomic mass is 9.89. The van der Waals surface area contributed by atoms with Gasteiger partial charge in [0.2, 0.25) is 5.91 Å². The number of rotatable bonds is 5. The van der Waals surface area contributed by atoms with Crippen molar-refractivity contribution in [2.24, 2.45) is 0 Å². The fraction of sp³-hybridized carbons (Fsp3) is 0.929. The summed E-state index contributed by atoms with van der Waals surface area (Å²) in [6.07, 6.45) is 5.05. The van der Waals surface area contributed by atoms with E-state index in [0.29, 0.717) is 5.54 Å². The summed E-state index contributed by atoms with van der Waals surface area (Å²) in [5, 5.41) is 0. The molecule has 3 heteroatoms. The third-order valence-electron chi connectivity index (χ3n) is 4.32. The lowest BCUT2D eigenvalue weighted by molar-refractivity contribution is -0.131. The monoisotopic (exact) mass is 240 g/mol. The van der Waals surface area contributed by atoms with Crippen LogP contribution in [0.25, 0.3) is 0 Å². The molecule has 1 fully saturated rings. The minimum atomic E-state index is 0.219. The smallest absolute Gasteiger partial charge is 0.219 e. The molecular formula is C14H28N2O. The number of nitrogens with zero attached hydrogens (tertiary/aromatic N) is 2. The predicted octanol–water partition coefficient (Wildman–Crippen LogP) is 2.51. The standard InChI is InChI=1S/C14H28N2O/c1-5-7-8-14(4,6-2)16-11-9-15(10-12-16)13(3)17/h5-12H2,1-4H3. The van der Waals surface area contributed by atoms with Gasteiger partial charge in [0.05, 0.1) is 0 Å². The van der Waals surface area contributed by atoms with Crippen LogP contribution in [0.3, 0.4) is 0 Å². The van der Waals surface area contributed by atoms with Crippen LogP contribution in [-0.2, 0) is 4.79 Å². The average Bonchev–Trinajstić information content (AvgIpc) is 2.36. The molecular weight excluding hydrogens is 212 g/mol. The second kappa shape index (κ2) is 6.39. The fourth-order valence-electron chi connectivity index (χ4n) is 2.68. The van der Waals surface area contributed by atoms with Crippen LogP contribution in [0, 0.1) is 0 Å². The molecule has 100 valence electrons. The molecule has 0 aromatic heterocycles. The second-order valence-corrected chi connectivity index (χ2v) is 5.45. The number of unbranched alkanes of at least 4 members (excludes halogenated alkanes) is 1. The van der Waals surface area contributed by atoms with Crippen LogP contribution in [0.1, 0.15) is 53.4 Å². The van der Waals surface area contributed by atoms with Gasteiger partial charge in [0.15, 0.2) is 0 Å². The van der Waals surface area contributed by atoms with E-state index in [9.17, 15) is 4.79 Å². The van der Waals surface area contributed by atoms with Crippen molar-refractivity contribution < 1.29 is 4.79 Å². The van der Waals surface area contributed by atoms with E-state index in [4.69, 9.17) is 0 Å². The minimum Gasteiger partial charge on any atom is -0.340 e. The molecule has 0 spiro atoms. The van der Waals surface area contributed by atoms with E-state index in [1.165, 1.54) is 25.7 Å². The highest BCUT2D eigenvalue weighted by atomic mass is 16.2. The molecule has 0 aromatic rings. The molecule has 17 heavy (non-hydrogen) atoms. The molecule has 0 radical (unpaired) electrons. The highest BCUT2D eigenvalue weighted by Crippen LogP contribution is 2.27. The van der Waals surface area contributed by atoms with Crippen LogP contribution in [0.15, 0.2) is 0 Å².